The van der Waals surface area contributed by atoms with Crippen molar-refractivity contribution in [2.45, 2.75) is 65.0 Å². The van der Waals surface area contributed by atoms with Crippen molar-refractivity contribution in [2.24, 2.45) is 11.8 Å². The fourth-order valence-corrected chi connectivity index (χ4v) is 3.89. The van der Waals surface area contributed by atoms with Crippen LogP contribution in [0.3, 0.4) is 0 Å². The monoisotopic (exact) mass is 574 g/mol. The van der Waals surface area contributed by atoms with Gasteiger partial charge in [0, 0.05) is 0 Å². The number of alkyl carbamates (subject to hydrolysis) is 2. The molecule has 11 heteroatoms. The number of hydrogen-bond donors (Lipinski definition) is 2. The number of benzene rings is 1. The highest BCUT2D eigenvalue weighted by Gasteiger charge is 2.51. The summed E-state index contributed by atoms with van der Waals surface area (Å²) in [4.78, 5) is 50.2. The van der Waals surface area contributed by atoms with E-state index < -0.39 is 59.4 Å². The van der Waals surface area contributed by atoms with Gasteiger partial charge in [-0.05, 0) is 47.1 Å². The van der Waals surface area contributed by atoms with E-state index in [0.717, 1.165) is 5.56 Å². The van der Waals surface area contributed by atoms with E-state index in [2.05, 4.69) is 17.2 Å². The molecule has 2 N–H and O–H groups in total. The largest absolute Gasteiger partial charge is 0.463 e. The summed E-state index contributed by atoms with van der Waals surface area (Å²) in [5.41, 5.74) is -0.466. The summed E-state index contributed by atoms with van der Waals surface area (Å²) in [6.07, 6.45) is 1.97. The Balaban J connectivity index is 2.09. The zero-order chi connectivity index (χ0) is 30.6. The minimum Gasteiger partial charge on any atom is -0.463 e. The number of ether oxygens (including phenoxy) is 5. The van der Waals surface area contributed by atoms with Gasteiger partial charge in [-0.25, -0.2) is 9.59 Å². The molecule has 4 atom stereocenters. The van der Waals surface area contributed by atoms with E-state index in [9.17, 15) is 19.2 Å². The standard InChI is InChI=1S/C30H42N2O9/c1-8-21-23(25(33)37-18-16-31-27(35)40-29(2,3)4)24(22(39-21)15-14-20-12-10-9-11-13-20)26(34)38-19-17-32-28(36)41-30(5,6)7/h8-15,21-24H,1,16-19H2,2-7H3,(H,31,35)(H,32,36)/b15-14+/t21-,22+,23-,24+/m0/s1. The van der Waals surface area contributed by atoms with Gasteiger partial charge in [0.15, 0.2) is 0 Å². The maximum atomic E-state index is 13.3. The van der Waals surface area contributed by atoms with Crippen molar-refractivity contribution in [3.8, 4) is 0 Å². The van der Waals surface area contributed by atoms with Crippen molar-refractivity contribution in [2.75, 3.05) is 26.3 Å². The van der Waals surface area contributed by atoms with Crippen molar-refractivity contribution < 1.29 is 42.9 Å². The predicted octanol–water partition coefficient (Wildman–Crippen LogP) is 4.02. The van der Waals surface area contributed by atoms with E-state index in [1.165, 1.54) is 6.08 Å². The lowest BCUT2D eigenvalue weighted by Crippen LogP contribution is -2.39. The normalized spacial score (nSPS) is 20.6. The van der Waals surface area contributed by atoms with Gasteiger partial charge in [0.25, 0.3) is 0 Å². The Hall–Kier alpha value is -3.86. The molecule has 0 bridgehead atoms. The average Bonchev–Trinajstić information content (AvgIpc) is 3.25. The third-order valence-electron chi connectivity index (χ3n) is 5.49. The first-order chi connectivity index (χ1) is 19.2. The van der Waals surface area contributed by atoms with Gasteiger partial charge in [0.2, 0.25) is 0 Å². The molecule has 0 aromatic heterocycles. The number of rotatable bonds is 11. The van der Waals surface area contributed by atoms with Crippen LogP contribution in [0.25, 0.3) is 6.08 Å². The maximum Gasteiger partial charge on any atom is 0.407 e. The fraction of sp³-hybridized carbons (Fsp3) is 0.533. The molecule has 0 spiro atoms. The van der Waals surface area contributed by atoms with Crippen LogP contribution in [0.5, 0.6) is 0 Å². The molecule has 1 aliphatic heterocycles. The molecule has 1 aromatic rings. The number of amides is 2. The van der Waals surface area contributed by atoms with E-state index in [0.29, 0.717) is 0 Å². The minimum atomic E-state index is -1.05. The molecule has 0 radical (unpaired) electrons. The second-order valence-corrected chi connectivity index (χ2v) is 11.3. The molecule has 11 nitrogen and oxygen atoms in total. The predicted molar refractivity (Wildman–Crippen MR) is 152 cm³/mol. The third-order valence-corrected chi connectivity index (χ3v) is 5.49. The van der Waals surface area contributed by atoms with Gasteiger partial charge in [0.05, 0.1) is 25.3 Å². The van der Waals surface area contributed by atoms with E-state index in [1.807, 2.05) is 30.3 Å². The molecular formula is C30H42N2O9. The molecule has 0 unspecified atom stereocenters. The number of esters is 2. The highest BCUT2D eigenvalue weighted by Crippen LogP contribution is 2.36. The molecular weight excluding hydrogens is 532 g/mol. The SMILES string of the molecule is C=C[C@@H]1O[C@H](/C=C/c2ccccc2)[C@@H](C(=O)OCCNC(=O)OC(C)(C)C)[C@H]1C(=O)OCCNC(=O)OC(C)(C)C. The molecule has 1 aromatic carbocycles. The zero-order valence-electron chi connectivity index (χ0n) is 24.6. The molecule has 2 rings (SSSR count). The second-order valence-electron chi connectivity index (χ2n) is 11.3. The fourth-order valence-electron chi connectivity index (χ4n) is 3.89. The van der Waals surface area contributed by atoms with Crippen molar-refractivity contribution >= 4 is 30.2 Å². The van der Waals surface area contributed by atoms with Crippen molar-refractivity contribution in [3.63, 3.8) is 0 Å². The molecule has 0 saturated carbocycles. The first-order valence-electron chi connectivity index (χ1n) is 13.5. The van der Waals surface area contributed by atoms with Crippen molar-refractivity contribution in [3.05, 3.63) is 54.6 Å². The Bertz CT molecular complexity index is 1070. The average molecular weight is 575 g/mol. The number of nitrogens with one attached hydrogen (secondary N) is 2. The maximum absolute atomic E-state index is 13.3. The minimum absolute atomic E-state index is 0.00901. The summed E-state index contributed by atoms with van der Waals surface area (Å²) >= 11 is 0. The molecule has 0 aliphatic carbocycles. The van der Waals surface area contributed by atoms with Crippen LogP contribution in [0, 0.1) is 11.8 Å². The molecule has 41 heavy (non-hydrogen) atoms. The molecule has 1 fully saturated rings. The Labute approximate surface area is 241 Å². The summed E-state index contributed by atoms with van der Waals surface area (Å²) in [6, 6.07) is 9.39. The summed E-state index contributed by atoms with van der Waals surface area (Å²) in [6.45, 7) is 13.9. The van der Waals surface area contributed by atoms with Gasteiger partial charge in [0.1, 0.15) is 36.3 Å². The Morgan fingerprint density at radius 1 is 0.805 bits per heavy atom. The highest BCUT2D eigenvalue weighted by molar-refractivity contribution is 5.84. The number of hydrogen-bond acceptors (Lipinski definition) is 9. The quantitative estimate of drug-likeness (QED) is 0.174. The summed E-state index contributed by atoms with van der Waals surface area (Å²) in [5.74, 6) is -3.50. The van der Waals surface area contributed by atoms with Crippen molar-refractivity contribution in [1.82, 2.24) is 10.6 Å². The molecule has 1 saturated heterocycles. The Morgan fingerprint density at radius 2 is 1.27 bits per heavy atom. The van der Waals surface area contributed by atoms with Crippen LogP contribution in [0.15, 0.2) is 49.1 Å². The summed E-state index contributed by atoms with van der Waals surface area (Å²) in [7, 11) is 0. The summed E-state index contributed by atoms with van der Waals surface area (Å²) < 4.78 is 27.2. The van der Waals surface area contributed by atoms with E-state index in [-0.39, 0.29) is 26.3 Å². The van der Waals surface area contributed by atoms with E-state index in [1.54, 1.807) is 53.7 Å². The summed E-state index contributed by atoms with van der Waals surface area (Å²) in [5, 5.41) is 5.03. The van der Waals surface area contributed by atoms with Gasteiger partial charge < -0.3 is 34.3 Å². The van der Waals surface area contributed by atoms with E-state index in [4.69, 9.17) is 23.7 Å². The van der Waals surface area contributed by atoms with Crippen LogP contribution >= 0.6 is 0 Å². The first kappa shape index (κ1) is 33.3. The van der Waals surface area contributed by atoms with Crippen LogP contribution in [0.1, 0.15) is 47.1 Å². The van der Waals surface area contributed by atoms with Crippen LogP contribution in [-0.4, -0.2) is 73.8 Å². The molecule has 1 heterocycles. The third kappa shape index (κ3) is 12.0. The van der Waals surface area contributed by atoms with Crippen LogP contribution < -0.4 is 10.6 Å². The Kier molecular flexibility index (Phi) is 12.4. The lowest BCUT2D eigenvalue weighted by molar-refractivity contribution is -0.159. The highest BCUT2D eigenvalue weighted by atomic mass is 16.6. The van der Waals surface area contributed by atoms with Crippen LogP contribution in [0.4, 0.5) is 9.59 Å². The smallest absolute Gasteiger partial charge is 0.407 e. The topological polar surface area (TPSA) is 138 Å². The lowest BCUT2D eigenvalue weighted by atomic mass is 9.86. The molecule has 1 aliphatic rings. The van der Waals surface area contributed by atoms with Crippen LogP contribution in [0.2, 0.25) is 0 Å². The molecule has 2 amide bonds. The zero-order valence-corrected chi connectivity index (χ0v) is 24.6. The lowest BCUT2D eigenvalue weighted by Gasteiger charge is -2.21. The Morgan fingerprint density at radius 3 is 1.71 bits per heavy atom. The second kappa shape index (κ2) is 15.2. The van der Waals surface area contributed by atoms with E-state index >= 15 is 0 Å². The van der Waals surface area contributed by atoms with Gasteiger partial charge in [-0.15, -0.1) is 6.58 Å². The first-order valence-corrected chi connectivity index (χ1v) is 13.5. The number of carbonyl (C=O) groups excluding carboxylic acids is 4. The van der Waals surface area contributed by atoms with Gasteiger partial charge >= 0.3 is 24.1 Å². The number of carbonyl (C=O) groups is 4. The molecule has 226 valence electrons. The van der Waals surface area contributed by atoms with Gasteiger partial charge in [-0.3, -0.25) is 9.59 Å². The van der Waals surface area contributed by atoms with Crippen molar-refractivity contribution in [1.29, 1.82) is 0 Å². The van der Waals surface area contributed by atoms with Gasteiger partial charge in [-0.1, -0.05) is 48.6 Å². The van der Waals surface area contributed by atoms with Crippen LogP contribution in [-0.2, 0) is 33.3 Å². The van der Waals surface area contributed by atoms with Gasteiger partial charge in [-0.2, -0.15) is 0 Å².